The van der Waals surface area contributed by atoms with Gasteiger partial charge in [-0.05, 0) is 77.6 Å². The van der Waals surface area contributed by atoms with Crippen molar-refractivity contribution >= 4 is 44.9 Å². The second-order valence-corrected chi connectivity index (χ2v) is 9.49. The first kappa shape index (κ1) is 18.8. The summed E-state index contributed by atoms with van der Waals surface area (Å²) >= 11 is 0. The van der Waals surface area contributed by atoms with E-state index in [0.717, 1.165) is 16.7 Å². The highest BCUT2D eigenvalue weighted by atomic mass is 16.7. The van der Waals surface area contributed by atoms with Gasteiger partial charge in [0.2, 0.25) is 0 Å². The molecule has 0 amide bonds. The Morgan fingerprint density at radius 1 is 0.677 bits per heavy atom. The molecule has 1 aliphatic heterocycles. The lowest BCUT2D eigenvalue weighted by molar-refractivity contribution is 0.00578. The largest absolute Gasteiger partial charge is 0.495 e. The first-order chi connectivity index (χ1) is 14.9. The molecule has 0 N–H and O–H groups in total. The summed E-state index contributed by atoms with van der Waals surface area (Å²) in [7, 11) is -0.384. The van der Waals surface area contributed by atoms with Crippen LogP contribution in [0.25, 0.3) is 43.6 Å². The summed E-state index contributed by atoms with van der Waals surface area (Å²) in [5.41, 5.74) is 2.50. The van der Waals surface area contributed by atoms with Crippen LogP contribution in [0, 0.1) is 0 Å². The lowest BCUT2D eigenvalue weighted by Crippen LogP contribution is -2.41. The molecule has 0 saturated carbocycles. The number of benzene rings is 4. The molecule has 2 heterocycles. The van der Waals surface area contributed by atoms with Crippen LogP contribution in [0.1, 0.15) is 27.7 Å². The number of pyridine rings is 1. The van der Waals surface area contributed by atoms with Gasteiger partial charge in [0, 0.05) is 11.8 Å². The summed E-state index contributed by atoms with van der Waals surface area (Å²) in [6, 6.07) is 23.7. The Morgan fingerprint density at radius 2 is 1.29 bits per heavy atom. The van der Waals surface area contributed by atoms with Gasteiger partial charge in [-0.1, -0.05) is 54.6 Å². The topological polar surface area (TPSA) is 31.4 Å². The number of nitrogens with zero attached hydrogens (tertiary/aromatic N) is 1. The smallest absolute Gasteiger partial charge is 0.399 e. The van der Waals surface area contributed by atoms with E-state index in [9.17, 15) is 0 Å². The molecule has 0 unspecified atom stereocenters. The number of hydrogen-bond donors (Lipinski definition) is 0. The molecular weight excluding hydrogens is 381 g/mol. The SMILES string of the molecule is CC1(C)OB(c2ccc3ccc4c(-c5ccccn5)ccc5ccc2c3c54)OC1(C)C. The number of aromatic nitrogens is 1. The van der Waals surface area contributed by atoms with Crippen LogP contribution in [-0.4, -0.2) is 23.3 Å². The third-order valence-electron chi connectivity index (χ3n) is 7.15. The molecule has 31 heavy (non-hydrogen) atoms. The maximum absolute atomic E-state index is 6.40. The van der Waals surface area contributed by atoms with Crippen LogP contribution >= 0.6 is 0 Å². The van der Waals surface area contributed by atoms with Gasteiger partial charge in [-0.3, -0.25) is 4.98 Å². The van der Waals surface area contributed by atoms with E-state index >= 15 is 0 Å². The quantitative estimate of drug-likeness (QED) is 0.269. The zero-order valence-electron chi connectivity index (χ0n) is 18.3. The van der Waals surface area contributed by atoms with Gasteiger partial charge in [-0.15, -0.1) is 0 Å². The highest BCUT2D eigenvalue weighted by molar-refractivity contribution is 6.65. The summed E-state index contributed by atoms with van der Waals surface area (Å²) in [5.74, 6) is 0. The lowest BCUT2D eigenvalue weighted by Gasteiger charge is -2.32. The molecule has 0 radical (unpaired) electrons. The Morgan fingerprint density at radius 3 is 1.97 bits per heavy atom. The number of hydrogen-bond acceptors (Lipinski definition) is 3. The Balaban J connectivity index is 1.64. The van der Waals surface area contributed by atoms with Gasteiger partial charge < -0.3 is 9.31 Å². The predicted molar refractivity (Wildman–Crippen MR) is 129 cm³/mol. The van der Waals surface area contributed by atoms with Crippen LogP contribution in [0.5, 0.6) is 0 Å². The normalized spacial score (nSPS) is 17.9. The highest BCUT2D eigenvalue weighted by Gasteiger charge is 2.52. The third kappa shape index (κ3) is 2.65. The highest BCUT2D eigenvalue weighted by Crippen LogP contribution is 2.40. The van der Waals surface area contributed by atoms with Crippen molar-refractivity contribution in [2.45, 2.75) is 38.9 Å². The van der Waals surface area contributed by atoms with Crippen LogP contribution in [0.2, 0.25) is 0 Å². The average molecular weight is 405 g/mol. The van der Waals surface area contributed by atoms with Gasteiger partial charge in [0.05, 0.1) is 16.9 Å². The molecule has 4 aromatic carbocycles. The van der Waals surface area contributed by atoms with E-state index in [-0.39, 0.29) is 18.3 Å². The van der Waals surface area contributed by atoms with Crippen molar-refractivity contribution < 1.29 is 9.31 Å². The first-order valence-corrected chi connectivity index (χ1v) is 10.8. The molecule has 4 heteroatoms. The zero-order valence-corrected chi connectivity index (χ0v) is 18.3. The van der Waals surface area contributed by atoms with Crippen LogP contribution in [0.15, 0.2) is 72.9 Å². The number of rotatable bonds is 2. The summed E-state index contributed by atoms with van der Waals surface area (Å²) < 4.78 is 12.8. The van der Waals surface area contributed by atoms with Crippen LogP contribution < -0.4 is 5.46 Å². The molecule has 6 rings (SSSR count). The first-order valence-electron chi connectivity index (χ1n) is 10.8. The summed E-state index contributed by atoms with van der Waals surface area (Å²) in [6.45, 7) is 8.40. The maximum atomic E-state index is 6.40. The molecule has 152 valence electrons. The van der Waals surface area contributed by atoms with E-state index in [1.54, 1.807) is 0 Å². The Hall–Kier alpha value is -2.95. The molecular formula is C27H24BNO2. The minimum atomic E-state index is -0.384. The monoisotopic (exact) mass is 405 g/mol. The Labute approximate surface area is 182 Å². The van der Waals surface area contributed by atoms with Crippen molar-refractivity contribution in [2.75, 3.05) is 0 Å². The molecule has 1 fully saturated rings. The van der Waals surface area contributed by atoms with E-state index in [2.05, 4.69) is 87.3 Å². The van der Waals surface area contributed by atoms with E-state index in [1.807, 2.05) is 18.3 Å². The van der Waals surface area contributed by atoms with Gasteiger partial charge in [0.15, 0.2) is 0 Å². The van der Waals surface area contributed by atoms with E-state index in [0.29, 0.717) is 0 Å². The van der Waals surface area contributed by atoms with Crippen LogP contribution in [0.3, 0.4) is 0 Å². The van der Waals surface area contributed by atoms with Gasteiger partial charge in [-0.25, -0.2) is 0 Å². The molecule has 1 saturated heterocycles. The summed E-state index contributed by atoms with van der Waals surface area (Å²) in [6.07, 6.45) is 1.85. The zero-order chi connectivity index (χ0) is 21.4. The second kappa shape index (κ2) is 6.29. The molecule has 0 bridgehead atoms. The van der Waals surface area contributed by atoms with Crippen molar-refractivity contribution in [3.05, 3.63) is 72.9 Å². The minimum Gasteiger partial charge on any atom is -0.399 e. The van der Waals surface area contributed by atoms with Crippen molar-refractivity contribution in [3.8, 4) is 11.3 Å². The van der Waals surface area contributed by atoms with Gasteiger partial charge in [0.25, 0.3) is 0 Å². The molecule has 5 aromatic rings. The van der Waals surface area contributed by atoms with Crippen molar-refractivity contribution in [2.24, 2.45) is 0 Å². The lowest BCUT2D eigenvalue weighted by atomic mass is 9.74. The molecule has 1 aromatic heterocycles. The van der Waals surface area contributed by atoms with Gasteiger partial charge >= 0.3 is 7.12 Å². The molecule has 3 nitrogen and oxygen atoms in total. The standard InChI is InChI=1S/C27H24BNO2/c1-26(2)27(3,4)31-28(30-26)22-15-11-18-9-13-20-19(23-7-5-6-16-29-23)12-8-17-10-14-21(22)25(18)24(17)20/h5-16H,1-4H3. The fraction of sp³-hybridized carbons (Fsp3) is 0.222. The maximum Gasteiger partial charge on any atom is 0.495 e. The third-order valence-corrected chi connectivity index (χ3v) is 7.15. The second-order valence-electron chi connectivity index (χ2n) is 9.49. The predicted octanol–water partition coefficient (Wildman–Crippen LogP) is 5.95. The molecule has 0 spiro atoms. The van der Waals surface area contributed by atoms with Crippen LogP contribution in [0.4, 0.5) is 0 Å². The van der Waals surface area contributed by atoms with E-state index in [1.165, 1.54) is 32.3 Å². The fourth-order valence-electron chi connectivity index (χ4n) is 4.74. The van der Waals surface area contributed by atoms with E-state index < -0.39 is 0 Å². The minimum absolute atomic E-state index is 0.367. The fourth-order valence-corrected chi connectivity index (χ4v) is 4.74. The Bertz CT molecular complexity index is 1430. The molecule has 0 aliphatic carbocycles. The van der Waals surface area contributed by atoms with Gasteiger partial charge in [-0.2, -0.15) is 0 Å². The van der Waals surface area contributed by atoms with Crippen LogP contribution in [-0.2, 0) is 9.31 Å². The molecule has 1 aliphatic rings. The summed E-state index contributed by atoms with van der Waals surface area (Å²) in [5, 5.41) is 7.41. The average Bonchev–Trinajstić information content (AvgIpc) is 2.99. The van der Waals surface area contributed by atoms with Gasteiger partial charge in [0.1, 0.15) is 0 Å². The van der Waals surface area contributed by atoms with Crippen molar-refractivity contribution in [1.29, 1.82) is 0 Å². The van der Waals surface area contributed by atoms with Crippen molar-refractivity contribution in [3.63, 3.8) is 0 Å². The summed E-state index contributed by atoms with van der Waals surface area (Å²) in [4.78, 5) is 4.60. The molecule has 0 atom stereocenters. The Kier molecular flexibility index (Phi) is 3.81. The van der Waals surface area contributed by atoms with Crippen molar-refractivity contribution in [1.82, 2.24) is 4.98 Å². The van der Waals surface area contributed by atoms with E-state index in [4.69, 9.17) is 9.31 Å².